The molecule has 1 aromatic rings. The van der Waals surface area contributed by atoms with Crippen LogP contribution >= 0.6 is 0 Å². The van der Waals surface area contributed by atoms with E-state index in [0.717, 1.165) is 31.1 Å². The molecular formula is C16H27N3O2. The number of nitrogens with zero attached hydrogens (tertiary/aromatic N) is 2. The number of hydrogen-bond acceptors (Lipinski definition) is 5. The van der Waals surface area contributed by atoms with Gasteiger partial charge in [-0.05, 0) is 24.7 Å². The molecule has 21 heavy (non-hydrogen) atoms. The zero-order valence-electron chi connectivity index (χ0n) is 13.4. The molecule has 1 saturated heterocycles. The monoisotopic (exact) mass is 293 g/mol. The molecule has 118 valence electrons. The van der Waals surface area contributed by atoms with Gasteiger partial charge in [-0.15, -0.1) is 0 Å². The summed E-state index contributed by atoms with van der Waals surface area (Å²) >= 11 is 0. The van der Waals surface area contributed by atoms with Gasteiger partial charge >= 0.3 is 0 Å². The maximum Gasteiger partial charge on any atom is 0.161 e. The summed E-state index contributed by atoms with van der Waals surface area (Å²) in [6.45, 7) is 7.68. The maximum absolute atomic E-state index is 5.32. The molecule has 5 nitrogen and oxygen atoms in total. The van der Waals surface area contributed by atoms with E-state index in [1.807, 2.05) is 12.1 Å². The minimum Gasteiger partial charge on any atom is -0.493 e. The summed E-state index contributed by atoms with van der Waals surface area (Å²) in [5, 5.41) is 3.50. The molecule has 0 aliphatic carbocycles. The molecule has 1 heterocycles. The smallest absolute Gasteiger partial charge is 0.161 e. The predicted octanol–water partition coefficient (Wildman–Crippen LogP) is 1.04. The highest BCUT2D eigenvalue weighted by atomic mass is 16.5. The van der Waals surface area contributed by atoms with E-state index >= 15 is 0 Å². The number of likely N-dealkylation sites (N-methyl/N-ethyl adjacent to an activating group) is 1. The van der Waals surface area contributed by atoms with Gasteiger partial charge in [0.05, 0.1) is 14.2 Å². The first kappa shape index (κ1) is 16.1. The summed E-state index contributed by atoms with van der Waals surface area (Å²) in [5.74, 6) is 1.56. The van der Waals surface area contributed by atoms with E-state index in [-0.39, 0.29) is 0 Å². The SMILES string of the molecule is COc1ccc(CNCCN2CCN(C)CC2)cc1OC. The topological polar surface area (TPSA) is 37.0 Å². The number of piperazine rings is 1. The Hall–Kier alpha value is -1.30. The highest BCUT2D eigenvalue weighted by Gasteiger charge is 2.12. The number of rotatable bonds is 7. The van der Waals surface area contributed by atoms with Crippen LogP contribution < -0.4 is 14.8 Å². The molecule has 0 saturated carbocycles. The molecule has 0 bridgehead atoms. The van der Waals surface area contributed by atoms with Crippen LogP contribution in [0.5, 0.6) is 11.5 Å². The van der Waals surface area contributed by atoms with Crippen LogP contribution in [0.15, 0.2) is 18.2 Å². The van der Waals surface area contributed by atoms with Crippen molar-refractivity contribution in [2.45, 2.75) is 6.54 Å². The predicted molar refractivity (Wildman–Crippen MR) is 85.2 cm³/mol. The van der Waals surface area contributed by atoms with E-state index in [9.17, 15) is 0 Å². The molecule has 0 amide bonds. The Morgan fingerprint density at radius 1 is 1.05 bits per heavy atom. The first-order valence-corrected chi connectivity index (χ1v) is 7.55. The lowest BCUT2D eigenvalue weighted by molar-refractivity contribution is 0.154. The summed E-state index contributed by atoms with van der Waals surface area (Å²) < 4.78 is 10.6. The number of benzene rings is 1. The quantitative estimate of drug-likeness (QED) is 0.760. The van der Waals surface area contributed by atoms with E-state index in [1.54, 1.807) is 14.2 Å². The molecule has 1 N–H and O–H groups in total. The standard InChI is InChI=1S/C16H27N3O2/c1-18-8-10-19(11-9-18)7-6-17-13-14-4-5-15(20-2)16(12-14)21-3/h4-5,12,17H,6-11,13H2,1-3H3. The van der Waals surface area contributed by atoms with E-state index in [4.69, 9.17) is 9.47 Å². The second kappa shape index (κ2) is 8.22. The summed E-state index contributed by atoms with van der Waals surface area (Å²) in [4.78, 5) is 4.90. The Morgan fingerprint density at radius 2 is 1.76 bits per heavy atom. The molecule has 1 aliphatic rings. The van der Waals surface area contributed by atoms with Crippen LogP contribution in [-0.2, 0) is 6.54 Å². The van der Waals surface area contributed by atoms with Crippen LogP contribution in [0.1, 0.15) is 5.56 Å². The number of methoxy groups -OCH3 is 2. The number of nitrogens with one attached hydrogen (secondary N) is 1. The van der Waals surface area contributed by atoms with Crippen molar-refractivity contribution in [3.05, 3.63) is 23.8 Å². The van der Waals surface area contributed by atoms with Crippen LogP contribution in [0.25, 0.3) is 0 Å². The van der Waals surface area contributed by atoms with Gasteiger partial charge in [0, 0.05) is 45.8 Å². The summed E-state index contributed by atoms with van der Waals surface area (Å²) in [5.41, 5.74) is 1.21. The third kappa shape index (κ3) is 4.88. The fourth-order valence-electron chi connectivity index (χ4n) is 2.53. The lowest BCUT2D eigenvalue weighted by Crippen LogP contribution is -2.46. The molecule has 5 heteroatoms. The number of ether oxygens (including phenoxy) is 2. The number of hydrogen-bond donors (Lipinski definition) is 1. The van der Waals surface area contributed by atoms with Crippen LogP contribution in [0.2, 0.25) is 0 Å². The average molecular weight is 293 g/mol. The van der Waals surface area contributed by atoms with Gasteiger partial charge in [0.1, 0.15) is 0 Å². The van der Waals surface area contributed by atoms with Crippen LogP contribution in [0.3, 0.4) is 0 Å². The summed E-state index contributed by atoms with van der Waals surface area (Å²) in [6, 6.07) is 6.06. The van der Waals surface area contributed by atoms with E-state index in [2.05, 4.69) is 28.2 Å². The van der Waals surface area contributed by atoms with E-state index in [1.165, 1.54) is 31.7 Å². The van der Waals surface area contributed by atoms with Crippen molar-refractivity contribution in [3.8, 4) is 11.5 Å². The molecule has 0 unspecified atom stereocenters. The van der Waals surface area contributed by atoms with Gasteiger partial charge in [-0.1, -0.05) is 6.07 Å². The molecule has 0 spiro atoms. The summed E-state index contributed by atoms with van der Waals surface area (Å²) in [6.07, 6.45) is 0. The Bertz CT molecular complexity index is 432. The van der Waals surface area contributed by atoms with Crippen molar-refractivity contribution in [1.82, 2.24) is 15.1 Å². The first-order valence-electron chi connectivity index (χ1n) is 7.55. The van der Waals surface area contributed by atoms with Crippen molar-refractivity contribution >= 4 is 0 Å². The van der Waals surface area contributed by atoms with Crippen molar-refractivity contribution < 1.29 is 9.47 Å². The fraction of sp³-hybridized carbons (Fsp3) is 0.625. The molecule has 1 aliphatic heterocycles. The van der Waals surface area contributed by atoms with Gasteiger partial charge in [0.25, 0.3) is 0 Å². The molecule has 1 fully saturated rings. The average Bonchev–Trinajstić information content (AvgIpc) is 2.53. The van der Waals surface area contributed by atoms with Crippen LogP contribution in [0.4, 0.5) is 0 Å². The molecule has 0 atom stereocenters. The van der Waals surface area contributed by atoms with Gasteiger partial charge in [0.15, 0.2) is 11.5 Å². The lowest BCUT2D eigenvalue weighted by atomic mass is 10.2. The summed E-state index contributed by atoms with van der Waals surface area (Å²) in [7, 11) is 5.51. The van der Waals surface area contributed by atoms with Gasteiger partial charge < -0.3 is 19.7 Å². The van der Waals surface area contributed by atoms with Gasteiger partial charge in [-0.25, -0.2) is 0 Å². The zero-order chi connectivity index (χ0) is 15.1. The normalized spacial score (nSPS) is 16.9. The van der Waals surface area contributed by atoms with E-state index < -0.39 is 0 Å². The van der Waals surface area contributed by atoms with Gasteiger partial charge in [-0.2, -0.15) is 0 Å². The van der Waals surface area contributed by atoms with Gasteiger partial charge in [-0.3, -0.25) is 4.90 Å². The molecule has 2 rings (SSSR count). The van der Waals surface area contributed by atoms with E-state index in [0.29, 0.717) is 0 Å². The minimum atomic E-state index is 0.777. The maximum atomic E-state index is 5.32. The first-order chi connectivity index (χ1) is 10.2. The fourth-order valence-corrected chi connectivity index (χ4v) is 2.53. The van der Waals surface area contributed by atoms with Crippen LogP contribution in [-0.4, -0.2) is 70.3 Å². The van der Waals surface area contributed by atoms with Crippen molar-refractivity contribution in [1.29, 1.82) is 0 Å². The largest absolute Gasteiger partial charge is 0.493 e. The lowest BCUT2D eigenvalue weighted by Gasteiger charge is -2.32. The third-order valence-electron chi connectivity index (χ3n) is 3.98. The Labute approximate surface area is 127 Å². The molecular weight excluding hydrogens is 266 g/mol. The Balaban J connectivity index is 1.71. The molecule has 0 aromatic heterocycles. The molecule has 0 radical (unpaired) electrons. The minimum absolute atomic E-state index is 0.777. The Kier molecular flexibility index (Phi) is 6.29. The highest BCUT2D eigenvalue weighted by molar-refractivity contribution is 5.42. The van der Waals surface area contributed by atoms with Crippen molar-refractivity contribution in [2.24, 2.45) is 0 Å². The second-order valence-electron chi connectivity index (χ2n) is 5.51. The third-order valence-corrected chi connectivity index (χ3v) is 3.98. The second-order valence-corrected chi connectivity index (χ2v) is 5.51. The zero-order valence-corrected chi connectivity index (χ0v) is 13.4. The van der Waals surface area contributed by atoms with Crippen LogP contribution in [0, 0.1) is 0 Å². The van der Waals surface area contributed by atoms with Crippen molar-refractivity contribution in [3.63, 3.8) is 0 Å². The van der Waals surface area contributed by atoms with Gasteiger partial charge in [0.2, 0.25) is 0 Å². The Morgan fingerprint density at radius 3 is 2.43 bits per heavy atom. The highest BCUT2D eigenvalue weighted by Crippen LogP contribution is 2.27. The van der Waals surface area contributed by atoms with Crippen molar-refractivity contribution in [2.75, 3.05) is 60.5 Å². The molecule has 1 aromatic carbocycles.